The van der Waals surface area contributed by atoms with Crippen LogP contribution in [0.5, 0.6) is 0 Å². The minimum Gasteiger partial charge on any atom is -0.383 e. The van der Waals surface area contributed by atoms with E-state index in [2.05, 4.69) is 19.2 Å². The molecule has 1 atom stereocenters. The summed E-state index contributed by atoms with van der Waals surface area (Å²) in [5.74, 6) is -0.391. The first-order valence-corrected chi connectivity index (χ1v) is 4.80. The molecule has 1 rings (SSSR count). The van der Waals surface area contributed by atoms with Crippen molar-refractivity contribution in [1.82, 2.24) is 0 Å². The average molecular weight is 192 g/mol. The monoisotopic (exact) mass is 192 g/mol. The molecule has 1 aromatic rings. The number of hydrogen-bond acceptors (Lipinski definition) is 2. The maximum Gasteiger partial charge on any atom is 0.248 e. The van der Waals surface area contributed by atoms with Gasteiger partial charge in [-0.2, -0.15) is 0 Å². The van der Waals surface area contributed by atoms with Crippen LogP contribution in [-0.4, -0.2) is 11.9 Å². The van der Waals surface area contributed by atoms with E-state index in [1.165, 1.54) is 0 Å². The van der Waals surface area contributed by atoms with E-state index in [1.54, 1.807) is 12.1 Å². The molecule has 0 aromatic heterocycles. The van der Waals surface area contributed by atoms with Gasteiger partial charge in [0.1, 0.15) is 0 Å². The van der Waals surface area contributed by atoms with Crippen LogP contribution in [0.15, 0.2) is 24.3 Å². The smallest absolute Gasteiger partial charge is 0.248 e. The number of benzene rings is 1. The van der Waals surface area contributed by atoms with Crippen molar-refractivity contribution in [3.63, 3.8) is 0 Å². The van der Waals surface area contributed by atoms with Gasteiger partial charge in [-0.05, 0) is 31.5 Å². The first-order chi connectivity index (χ1) is 6.63. The molecule has 0 saturated heterocycles. The molecule has 1 unspecified atom stereocenters. The molecule has 0 bridgehead atoms. The second-order valence-electron chi connectivity index (χ2n) is 3.40. The molecular formula is C11H16N2O. The second kappa shape index (κ2) is 4.65. The molecule has 0 fully saturated rings. The highest BCUT2D eigenvalue weighted by molar-refractivity contribution is 5.93. The number of nitrogens with two attached hydrogens (primary N) is 1. The molecule has 1 aromatic carbocycles. The van der Waals surface area contributed by atoms with Gasteiger partial charge in [0.15, 0.2) is 0 Å². The Morgan fingerprint density at radius 1 is 1.57 bits per heavy atom. The Hall–Kier alpha value is -1.51. The molecule has 0 aliphatic rings. The lowest BCUT2D eigenvalue weighted by Crippen LogP contribution is -2.15. The fraction of sp³-hybridized carbons (Fsp3) is 0.364. The van der Waals surface area contributed by atoms with Crippen molar-refractivity contribution >= 4 is 11.6 Å². The van der Waals surface area contributed by atoms with Crippen LogP contribution in [-0.2, 0) is 0 Å². The van der Waals surface area contributed by atoms with Crippen LogP contribution < -0.4 is 11.1 Å². The first kappa shape index (κ1) is 10.6. The lowest BCUT2D eigenvalue weighted by atomic mass is 10.1. The molecule has 3 nitrogen and oxygen atoms in total. The molecule has 0 heterocycles. The Morgan fingerprint density at radius 3 is 2.86 bits per heavy atom. The fourth-order valence-corrected chi connectivity index (χ4v) is 1.15. The standard InChI is InChI=1S/C11H16N2O/c1-3-8(2)13-10-6-4-5-9(7-10)11(12)14/h4-8,13H,3H2,1-2H3,(H2,12,14). The van der Waals surface area contributed by atoms with E-state index in [0.29, 0.717) is 11.6 Å². The minimum atomic E-state index is -0.391. The Labute approximate surface area is 84.3 Å². The summed E-state index contributed by atoms with van der Waals surface area (Å²) in [6, 6.07) is 7.64. The minimum absolute atomic E-state index is 0.391. The number of primary amides is 1. The topological polar surface area (TPSA) is 55.1 Å². The van der Waals surface area contributed by atoms with Crippen LogP contribution >= 0.6 is 0 Å². The Balaban J connectivity index is 2.78. The number of anilines is 1. The normalized spacial score (nSPS) is 12.1. The number of nitrogens with one attached hydrogen (secondary N) is 1. The molecule has 0 radical (unpaired) electrons. The average Bonchev–Trinajstić information content (AvgIpc) is 2.18. The maximum absolute atomic E-state index is 10.9. The summed E-state index contributed by atoms with van der Waals surface area (Å²) in [7, 11) is 0. The van der Waals surface area contributed by atoms with Crippen molar-refractivity contribution in [3.05, 3.63) is 29.8 Å². The molecule has 0 aliphatic carbocycles. The molecule has 1 amide bonds. The van der Waals surface area contributed by atoms with E-state index in [9.17, 15) is 4.79 Å². The van der Waals surface area contributed by atoms with Crippen LogP contribution in [0.25, 0.3) is 0 Å². The van der Waals surface area contributed by atoms with Crippen LogP contribution in [0.4, 0.5) is 5.69 Å². The van der Waals surface area contributed by atoms with Crippen molar-refractivity contribution in [2.75, 3.05) is 5.32 Å². The van der Waals surface area contributed by atoms with Crippen LogP contribution in [0, 0.1) is 0 Å². The number of carbonyl (C=O) groups excluding carboxylic acids is 1. The van der Waals surface area contributed by atoms with Crippen molar-refractivity contribution in [2.45, 2.75) is 26.3 Å². The zero-order valence-corrected chi connectivity index (χ0v) is 8.58. The summed E-state index contributed by atoms with van der Waals surface area (Å²) in [5.41, 5.74) is 6.66. The first-order valence-electron chi connectivity index (χ1n) is 4.80. The molecular weight excluding hydrogens is 176 g/mol. The molecule has 3 N–H and O–H groups in total. The number of rotatable bonds is 4. The Kier molecular flexibility index (Phi) is 3.51. The predicted molar refractivity (Wildman–Crippen MR) is 58.3 cm³/mol. The van der Waals surface area contributed by atoms with Gasteiger partial charge < -0.3 is 11.1 Å². The zero-order chi connectivity index (χ0) is 10.6. The highest BCUT2D eigenvalue weighted by Gasteiger charge is 2.02. The van der Waals surface area contributed by atoms with Crippen LogP contribution in [0.1, 0.15) is 30.6 Å². The van der Waals surface area contributed by atoms with E-state index in [-0.39, 0.29) is 0 Å². The van der Waals surface area contributed by atoms with Crippen molar-refractivity contribution in [3.8, 4) is 0 Å². The van der Waals surface area contributed by atoms with Gasteiger partial charge in [-0.15, -0.1) is 0 Å². The van der Waals surface area contributed by atoms with Gasteiger partial charge in [0.2, 0.25) is 5.91 Å². The van der Waals surface area contributed by atoms with Crippen molar-refractivity contribution in [2.24, 2.45) is 5.73 Å². The summed E-state index contributed by atoms with van der Waals surface area (Å²) >= 11 is 0. The summed E-state index contributed by atoms with van der Waals surface area (Å²) in [4.78, 5) is 10.9. The second-order valence-corrected chi connectivity index (χ2v) is 3.40. The molecule has 3 heteroatoms. The van der Waals surface area contributed by atoms with E-state index in [1.807, 2.05) is 12.1 Å². The third-order valence-corrected chi connectivity index (χ3v) is 2.17. The SMILES string of the molecule is CCC(C)Nc1cccc(C(N)=O)c1. The van der Waals surface area contributed by atoms with Crippen LogP contribution in [0.3, 0.4) is 0 Å². The molecule has 0 saturated carbocycles. The molecule has 0 aliphatic heterocycles. The van der Waals surface area contributed by atoms with Gasteiger partial charge in [-0.25, -0.2) is 0 Å². The largest absolute Gasteiger partial charge is 0.383 e. The zero-order valence-electron chi connectivity index (χ0n) is 8.58. The Bertz CT molecular complexity index is 323. The number of amides is 1. The Morgan fingerprint density at radius 2 is 2.29 bits per heavy atom. The lowest BCUT2D eigenvalue weighted by Gasteiger charge is -2.13. The van der Waals surface area contributed by atoms with E-state index < -0.39 is 5.91 Å². The highest BCUT2D eigenvalue weighted by Crippen LogP contribution is 2.12. The van der Waals surface area contributed by atoms with Gasteiger partial charge in [-0.1, -0.05) is 13.0 Å². The van der Waals surface area contributed by atoms with E-state index >= 15 is 0 Å². The van der Waals surface area contributed by atoms with Gasteiger partial charge in [-0.3, -0.25) is 4.79 Å². The quantitative estimate of drug-likeness (QED) is 0.766. The molecule has 76 valence electrons. The van der Waals surface area contributed by atoms with Gasteiger partial charge in [0.25, 0.3) is 0 Å². The molecule has 0 spiro atoms. The van der Waals surface area contributed by atoms with Crippen molar-refractivity contribution in [1.29, 1.82) is 0 Å². The van der Waals surface area contributed by atoms with Crippen LogP contribution in [0.2, 0.25) is 0 Å². The fourth-order valence-electron chi connectivity index (χ4n) is 1.15. The van der Waals surface area contributed by atoms with Gasteiger partial charge in [0, 0.05) is 17.3 Å². The number of hydrogen-bond donors (Lipinski definition) is 2. The van der Waals surface area contributed by atoms with E-state index in [4.69, 9.17) is 5.73 Å². The summed E-state index contributed by atoms with van der Waals surface area (Å²) in [5, 5.41) is 3.28. The predicted octanol–water partition coefficient (Wildman–Crippen LogP) is 2.00. The van der Waals surface area contributed by atoms with Gasteiger partial charge >= 0.3 is 0 Å². The van der Waals surface area contributed by atoms with Gasteiger partial charge in [0.05, 0.1) is 0 Å². The third kappa shape index (κ3) is 2.76. The van der Waals surface area contributed by atoms with E-state index in [0.717, 1.165) is 12.1 Å². The summed E-state index contributed by atoms with van der Waals surface area (Å²) in [6.45, 7) is 4.20. The summed E-state index contributed by atoms with van der Waals surface area (Å²) < 4.78 is 0. The maximum atomic E-state index is 10.9. The van der Waals surface area contributed by atoms with Crippen molar-refractivity contribution < 1.29 is 4.79 Å². The summed E-state index contributed by atoms with van der Waals surface area (Å²) in [6.07, 6.45) is 1.04. The lowest BCUT2D eigenvalue weighted by molar-refractivity contribution is 0.100. The number of carbonyl (C=O) groups is 1. The molecule has 14 heavy (non-hydrogen) atoms. The third-order valence-electron chi connectivity index (χ3n) is 2.17. The highest BCUT2D eigenvalue weighted by atomic mass is 16.1.